The van der Waals surface area contributed by atoms with E-state index in [2.05, 4.69) is 20.7 Å². The zero-order valence-corrected chi connectivity index (χ0v) is 10.8. The van der Waals surface area contributed by atoms with Crippen molar-refractivity contribution in [3.63, 3.8) is 0 Å². The van der Waals surface area contributed by atoms with Crippen molar-refractivity contribution in [3.05, 3.63) is 28.2 Å². The molecule has 0 aliphatic rings. The first-order valence-electron chi connectivity index (χ1n) is 4.80. The molecule has 0 aromatic heterocycles. The molecule has 0 amide bonds. The van der Waals surface area contributed by atoms with Crippen molar-refractivity contribution in [2.45, 2.75) is 0 Å². The highest BCUT2D eigenvalue weighted by Crippen LogP contribution is 2.24. The van der Waals surface area contributed by atoms with Crippen molar-refractivity contribution in [1.82, 2.24) is 0 Å². The fourth-order valence-electron chi connectivity index (χ4n) is 1.30. The van der Waals surface area contributed by atoms with E-state index < -0.39 is 0 Å². The Morgan fingerprint density at radius 1 is 1.56 bits per heavy atom. The van der Waals surface area contributed by atoms with Crippen molar-refractivity contribution in [2.24, 2.45) is 0 Å². The van der Waals surface area contributed by atoms with Crippen molar-refractivity contribution in [3.8, 4) is 0 Å². The van der Waals surface area contributed by atoms with E-state index >= 15 is 0 Å². The highest BCUT2D eigenvalue weighted by Gasteiger charge is 2.11. The molecule has 0 saturated carbocycles. The van der Waals surface area contributed by atoms with Gasteiger partial charge in [0.1, 0.15) is 0 Å². The van der Waals surface area contributed by atoms with Crippen LogP contribution in [0.25, 0.3) is 0 Å². The van der Waals surface area contributed by atoms with E-state index in [0.29, 0.717) is 16.6 Å². The molecule has 1 aromatic rings. The van der Waals surface area contributed by atoms with Crippen LogP contribution in [0.1, 0.15) is 10.4 Å². The van der Waals surface area contributed by atoms with Gasteiger partial charge in [0.25, 0.3) is 0 Å². The highest BCUT2D eigenvalue weighted by atomic mass is 79.9. The summed E-state index contributed by atoms with van der Waals surface area (Å²) in [7, 11) is 3.22. The van der Waals surface area contributed by atoms with Crippen LogP contribution in [-0.4, -0.2) is 38.4 Å². The van der Waals surface area contributed by atoms with Gasteiger partial charge < -0.3 is 14.7 Å². The van der Waals surface area contributed by atoms with Gasteiger partial charge in [-0.05, 0) is 34.1 Å². The monoisotopic (exact) mass is 287 g/mol. The number of esters is 1. The first-order valence-corrected chi connectivity index (χ1v) is 5.59. The van der Waals surface area contributed by atoms with E-state index in [4.69, 9.17) is 5.11 Å². The number of aliphatic hydroxyl groups excluding tert-OH is 1. The number of likely N-dealkylation sites (N-methyl/N-ethyl adjacent to an activating group) is 1. The summed E-state index contributed by atoms with van der Waals surface area (Å²) in [6.07, 6.45) is 0. The van der Waals surface area contributed by atoms with E-state index in [0.717, 1.165) is 5.69 Å². The summed E-state index contributed by atoms with van der Waals surface area (Å²) in [5.74, 6) is -0.372. The van der Waals surface area contributed by atoms with Crippen molar-refractivity contribution < 1.29 is 14.6 Å². The van der Waals surface area contributed by atoms with Gasteiger partial charge in [0.05, 0.1) is 19.3 Å². The number of ether oxygens (including phenoxy) is 1. The number of halogens is 1. The Morgan fingerprint density at radius 3 is 2.75 bits per heavy atom. The number of methoxy groups -OCH3 is 1. The second-order valence-corrected chi connectivity index (χ2v) is 4.16. The Balaban J connectivity index is 2.94. The van der Waals surface area contributed by atoms with Crippen molar-refractivity contribution in [2.75, 3.05) is 32.2 Å². The average molecular weight is 288 g/mol. The van der Waals surface area contributed by atoms with Gasteiger partial charge in [-0.25, -0.2) is 4.79 Å². The van der Waals surface area contributed by atoms with Crippen LogP contribution in [0.4, 0.5) is 5.69 Å². The molecule has 0 aliphatic heterocycles. The minimum absolute atomic E-state index is 0.0902. The Kier molecular flexibility index (Phi) is 4.76. The third-order valence-corrected chi connectivity index (χ3v) is 2.89. The lowest BCUT2D eigenvalue weighted by Crippen LogP contribution is -2.21. The first-order chi connectivity index (χ1) is 7.60. The summed E-state index contributed by atoms with van der Waals surface area (Å²) in [5.41, 5.74) is 1.41. The number of carbonyl (C=O) groups excluding carboxylic acids is 1. The maximum atomic E-state index is 11.3. The zero-order chi connectivity index (χ0) is 12.1. The molecular formula is C11H14BrNO3. The lowest BCUT2D eigenvalue weighted by molar-refractivity contribution is 0.0599. The average Bonchev–Trinajstić information content (AvgIpc) is 2.28. The minimum atomic E-state index is -0.372. The van der Waals surface area contributed by atoms with Crippen molar-refractivity contribution in [1.29, 1.82) is 0 Å². The van der Waals surface area contributed by atoms with E-state index in [1.807, 2.05) is 24.1 Å². The number of aliphatic hydroxyl groups is 1. The Labute approximate surface area is 103 Å². The zero-order valence-electron chi connectivity index (χ0n) is 9.24. The SMILES string of the molecule is COC(=O)c1ccc(N(C)CCO)cc1Br. The fraction of sp³-hybridized carbons (Fsp3) is 0.364. The van der Waals surface area contributed by atoms with Crippen LogP contribution < -0.4 is 4.90 Å². The second kappa shape index (κ2) is 5.86. The number of benzene rings is 1. The lowest BCUT2D eigenvalue weighted by atomic mass is 10.2. The number of hydrogen-bond donors (Lipinski definition) is 1. The van der Waals surface area contributed by atoms with Crippen LogP contribution >= 0.6 is 15.9 Å². The third-order valence-electron chi connectivity index (χ3n) is 2.23. The Bertz CT molecular complexity index is 381. The van der Waals surface area contributed by atoms with Crippen LogP contribution in [0.2, 0.25) is 0 Å². The lowest BCUT2D eigenvalue weighted by Gasteiger charge is -2.18. The van der Waals surface area contributed by atoms with Gasteiger partial charge in [-0.15, -0.1) is 0 Å². The normalized spacial score (nSPS) is 10.0. The maximum absolute atomic E-state index is 11.3. The van der Waals surface area contributed by atoms with Crippen LogP contribution in [0.15, 0.2) is 22.7 Å². The van der Waals surface area contributed by atoms with E-state index in [-0.39, 0.29) is 12.6 Å². The number of hydrogen-bond acceptors (Lipinski definition) is 4. The van der Waals surface area contributed by atoms with Gasteiger partial charge in [0, 0.05) is 23.8 Å². The van der Waals surface area contributed by atoms with Crippen LogP contribution in [-0.2, 0) is 4.74 Å². The van der Waals surface area contributed by atoms with Gasteiger partial charge in [0.2, 0.25) is 0 Å². The summed E-state index contributed by atoms with van der Waals surface area (Å²) in [4.78, 5) is 13.2. The molecule has 0 atom stereocenters. The van der Waals surface area contributed by atoms with Gasteiger partial charge in [-0.3, -0.25) is 0 Å². The van der Waals surface area contributed by atoms with Gasteiger partial charge in [-0.1, -0.05) is 0 Å². The highest BCUT2D eigenvalue weighted by molar-refractivity contribution is 9.10. The summed E-state index contributed by atoms with van der Waals surface area (Å²) < 4.78 is 5.32. The van der Waals surface area contributed by atoms with Gasteiger partial charge >= 0.3 is 5.97 Å². The summed E-state index contributed by atoms with van der Waals surface area (Å²) in [5, 5.41) is 8.82. The second-order valence-electron chi connectivity index (χ2n) is 3.30. The van der Waals surface area contributed by atoms with Crippen LogP contribution in [0, 0.1) is 0 Å². The Morgan fingerprint density at radius 2 is 2.25 bits per heavy atom. The first kappa shape index (κ1) is 13.0. The smallest absolute Gasteiger partial charge is 0.339 e. The topological polar surface area (TPSA) is 49.8 Å². The molecule has 0 radical (unpaired) electrons. The number of rotatable bonds is 4. The number of anilines is 1. The summed E-state index contributed by atoms with van der Waals surface area (Å²) >= 11 is 3.32. The molecule has 1 rings (SSSR count). The Hall–Kier alpha value is -1.07. The quantitative estimate of drug-likeness (QED) is 0.856. The van der Waals surface area contributed by atoms with Gasteiger partial charge in [0.15, 0.2) is 0 Å². The standard InChI is InChI=1S/C11H14BrNO3/c1-13(5-6-14)8-3-4-9(10(12)7-8)11(15)16-2/h3-4,7,14H,5-6H2,1-2H3. The van der Waals surface area contributed by atoms with Gasteiger partial charge in [-0.2, -0.15) is 0 Å². The molecule has 0 fully saturated rings. The molecule has 1 N–H and O–H groups in total. The molecule has 16 heavy (non-hydrogen) atoms. The molecule has 4 nitrogen and oxygen atoms in total. The molecule has 88 valence electrons. The minimum Gasteiger partial charge on any atom is -0.465 e. The molecule has 0 bridgehead atoms. The third kappa shape index (κ3) is 2.96. The predicted molar refractivity (Wildman–Crippen MR) is 65.8 cm³/mol. The summed E-state index contributed by atoms with van der Waals surface area (Å²) in [6, 6.07) is 5.33. The molecule has 0 spiro atoms. The molecular weight excluding hydrogens is 274 g/mol. The molecule has 0 aliphatic carbocycles. The molecule has 0 heterocycles. The largest absolute Gasteiger partial charge is 0.465 e. The van der Waals surface area contributed by atoms with E-state index in [1.165, 1.54) is 7.11 Å². The van der Waals surface area contributed by atoms with Crippen molar-refractivity contribution >= 4 is 27.6 Å². The predicted octanol–water partition coefficient (Wildman–Crippen LogP) is 1.66. The van der Waals surface area contributed by atoms with E-state index in [9.17, 15) is 4.79 Å². The molecule has 1 aromatic carbocycles. The molecule has 5 heteroatoms. The molecule has 0 saturated heterocycles. The van der Waals surface area contributed by atoms with Crippen LogP contribution in [0.3, 0.4) is 0 Å². The maximum Gasteiger partial charge on any atom is 0.339 e. The number of carbonyl (C=O) groups is 1. The summed E-state index contributed by atoms with van der Waals surface area (Å²) in [6.45, 7) is 0.636. The molecule has 0 unspecified atom stereocenters. The van der Waals surface area contributed by atoms with Crippen LogP contribution in [0.5, 0.6) is 0 Å². The fourth-order valence-corrected chi connectivity index (χ4v) is 1.82. The number of nitrogens with zero attached hydrogens (tertiary/aromatic N) is 1. The van der Waals surface area contributed by atoms with E-state index in [1.54, 1.807) is 6.07 Å².